The SMILES string of the molecule is CCCCCC1CCN(CCc2ccc(F)cc2)CC1. The van der Waals surface area contributed by atoms with Crippen molar-refractivity contribution in [2.24, 2.45) is 5.92 Å². The Labute approximate surface area is 123 Å². The standard InChI is InChI=1S/C18H28FN/c1-2-3-4-5-16-10-13-20(14-11-16)15-12-17-6-8-18(19)9-7-17/h6-9,16H,2-5,10-15H2,1H3. The van der Waals surface area contributed by atoms with E-state index in [2.05, 4.69) is 11.8 Å². The minimum absolute atomic E-state index is 0.137. The first-order chi connectivity index (χ1) is 9.78. The van der Waals surface area contributed by atoms with E-state index in [1.807, 2.05) is 12.1 Å². The van der Waals surface area contributed by atoms with Crippen molar-refractivity contribution < 1.29 is 4.39 Å². The van der Waals surface area contributed by atoms with Crippen molar-refractivity contribution in [3.8, 4) is 0 Å². The maximum atomic E-state index is 12.8. The van der Waals surface area contributed by atoms with Crippen LogP contribution in [0.4, 0.5) is 4.39 Å². The Kier molecular flexibility index (Phi) is 6.52. The fourth-order valence-electron chi connectivity index (χ4n) is 3.12. The van der Waals surface area contributed by atoms with E-state index in [1.165, 1.54) is 57.2 Å². The lowest BCUT2D eigenvalue weighted by Crippen LogP contribution is -2.35. The van der Waals surface area contributed by atoms with Crippen LogP contribution in [0, 0.1) is 11.7 Å². The number of halogens is 1. The van der Waals surface area contributed by atoms with Gasteiger partial charge in [0.2, 0.25) is 0 Å². The topological polar surface area (TPSA) is 3.24 Å². The van der Waals surface area contributed by atoms with Crippen molar-refractivity contribution in [2.45, 2.75) is 51.9 Å². The van der Waals surface area contributed by atoms with Gasteiger partial charge in [0.15, 0.2) is 0 Å². The summed E-state index contributed by atoms with van der Waals surface area (Å²) in [7, 11) is 0. The average Bonchev–Trinajstić information content (AvgIpc) is 2.48. The van der Waals surface area contributed by atoms with Crippen LogP contribution in [-0.4, -0.2) is 24.5 Å². The predicted molar refractivity (Wildman–Crippen MR) is 83.4 cm³/mol. The van der Waals surface area contributed by atoms with E-state index in [9.17, 15) is 4.39 Å². The zero-order chi connectivity index (χ0) is 14.2. The van der Waals surface area contributed by atoms with E-state index in [0.29, 0.717) is 0 Å². The zero-order valence-corrected chi connectivity index (χ0v) is 12.8. The van der Waals surface area contributed by atoms with E-state index in [1.54, 1.807) is 12.1 Å². The maximum Gasteiger partial charge on any atom is 0.123 e. The summed E-state index contributed by atoms with van der Waals surface area (Å²) in [4.78, 5) is 2.57. The molecule has 1 heterocycles. The van der Waals surface area contributed by atoms with Gasteiger partial charge in [-0.1, -0.05) is 44.7 Å². The third kappa shape index (κ3) is 5.24. The number of unbranched alkanes of at least 4 members (excludes halogenated alkanes) is 2. The first-order valence-corrected chi connectivity index (χ1v) is 8.24. The van der Waals surface area contributed by atoms with Gasteiger partial charge in [-0.3, -0.25) is 0 Å². The van der Waals surface area contributed by atoms with Crippen molar-refractivity contribution in [1.29, 1.82) is 0 Å². The van der Waals surface area contributed by atoms with E-state index >= 15 is 0 Å². The number of rotatable bonds is 7. The molecule has 0 unspecified atom stereocenters. The van der Waals surface area contributed by atoms with Gasteiger partial charge in [-0.05, 0) is 56.0 Å². The second-order valence-electron chi connectivity index (χ2n) is 6.16. The Bertz CT molecular complexity index is 366. The van der Waals surface area contributed by atoms with Crippen molar-refractivity contribution in [3.05, 3.63) is 35.6 Å². The molecule has 2 heteroatoms. The van der Waals surface area contributed by atoms with Crippen LogP contribution in [0.5, 0.6) is 0 Å². The van der Waals surface area contributed by atoms with Crippen molar-refractivity contribution in [3.63, 3.8) is 0 Å². The van der Waals surface area contributed by atoms with Crippen LogP contribution in [0.25, 0.3) is 0 Å². The molecule has 1 aromatic rings. The molecule has 112 valence electrons. The van der Waals surface area contributed by atoms with Gasteiger partial charge in [0.25, 0.3) is 0 Å². The molecular weight excluding hydrogens is 249 g/mol. The third-order valence-corrected chi connectivity index (χ3v) is 4.55. The fourth-order valence-corrected chi connectivity index (χ4v) is 3.12. The molecule has 1 nitrogen and oxygen atoms in total. The highest BCUT2D eigenvalue weighted by molar-refractivity contribution is 5.16. The average molecular weight is 277 g/mol. The molecule has 1 aliphatic heterocycles. The molecule has 20 heavy (non-hydrogen) atoms. The molecule has 0 atom stereocenters. The summed E-state index contributed by atoms with van der Waals surface area (Å²) in [6, 6.07) is 6.95. The van der Waals surface area contributed by atoms with Gasteiger partial charge in [0, 0.05) is 6.54 Å². The van der Waals surface area contributed by atoms with Crippen LogP contribution in [-0.2, 0) is 6.42 Å². The van der Waals surface area contributed by atoms with Crippen molar-refractivity contribution >= 4 is 0 Å². The molecule has 0 N–H and O–H groups in total. The van der Waals surface area contributed by atoms with Gasteiger partial charge in [-0.2, -0.15) is 0 Å². The Morgan fingerprint density at radius 2 is 1.80 bits per heavy atom. The van der Waals surface area contributed by atoms with Gasteiger partial charge in [-0.15, -0.1) is 0 Å². The van der Waals surface area contributed by atoms with Crippen LogP contribution in [0.15, 0.2) is 24.3 Å². The number of hydrogen-bond acceptors (Lipinski definition) is 1. The summed E-state index contributed by atoms with van der Waals surface area (Å²) in [6.45, 7) is 5.89. The van der Waals surface area contributed by atoms with Crippen LogP contribution >= 0.6 is 0 Å². The molecule has 0 radical (unpaired) electrons. The molecule has 1 fully saturated rings. The summed E-state index contributed by atoms with van der Waals surface area (Å²) in [5, 5.41) is 0. The quantitative estimate of drug-likeness (QED) is 0.655. The van der Waals surface area contributed by atoms with E-state index in [-0.39, 0.29) is 5.82 Å². The van der Waals surface area contributed by atoms with Gasteiger partial charge < -0.3 is 4.90 Å². The highest BCUT2D eigenvalue weighted by Gasteiger charge is 2.18. The summed E-state index contributed by atoms with van der Waals surface area (Å²) in [5.41, 5.74) is 1.25. The second kappa shape index (κ2) is 8.41. The highest BCUT2D eigenvalue weighted by Crippen LogP contribution is 2.23. The normalized spacial score (nSPS) is 17.5. The van der Waals surface area contributed by atoms with Gasteiger partial charge in [-0.25, -0.2) is 4.39 Å². The summed E-state index contributed by atoms with van der Waals surface area (Å²) >= 11 is 0. The van der Waals surface area contributed by atoms with Crippen LogP contribution in [0.1, 0.15) is 51.0 Å². The lowest BCUT2D eigenvalue weighted by atomic mass is 9.91. The zero-order valence-electron chi connectivity index (χ0n) is 12.8. The molecule has 0 bridgehead atoms. The molecule has 0 amide bonds. The van der Waals surface area contributed by atoms with E-state index in [4.69, 9.17) is 0 Å². The Hall–Kier alpha value is -0.890. The number of hydrogen-bond donors (Lipinski definition) is 0. The number of piperidine rings is 1. The molecule has 0 aromatic heterocycles. The van der Waals surface area contributed by atoms with E-state index < -0.39 is 0 Å². The fraction of sp³-hybridized carbons (Fsp3) is 0.667. The first kappa shape index (κ1) is 15.5. The second-order valence-corrected chi connectivity index (χ2v) is 6.16. The molecule has 0 saturated carbocycles. The lowest BCUT2D eigenvalue weighted by molar-refractivity contribution is 0.179. The van der Waals surface area contributed by atoms with Crippen LogP contribution in [0.3, 0.4) is 0 Å². The number of nitrogens with zero attached hydrogens (tertiary/aromatic N) is 1. The smallest absolute Gasteiger partial charge is 0.123 e. The minimum Gasteiger partial charge on any atom is -0.303 e. The summed E-state index contributed by atoms with van der Waals surface area (Å²) in [5.74, 6) is 0.824. The van der Waals surface area contributed by atoms with Crippen LogP contribution < -0.4 is 0 Å². The van der Waals surface area contributed by atoms with Gasteiger partial charge in [0.1, 0.15) is 5.82 Å². The molecule has 1 saturated heterocycles. The maximum absolute atomic E-state index is 12.8. The lowest BCUT2D eigenvalue weighted by Gasteiger charge is -2.32. The molecule has 1 aliphatic rings. The van der Waals surface area contributed by atoms with Crippen molar-refractivity contribution in [2.75, 3.05) is 19.6 Å². The molecule has 0 spiro atoms. The molecule has 0 aliphatic carbocycles. The van der Waals surface area contributed by atoms with Gasteiger partial charge >= 0.3 is 0 Å². The van der Waals surface area contributed by atoms with E-state index in [0.717, 1.165) is 18.9 Å². The highest BCUT2D eigenvalue weighted by atomic mass is 19.1. The molecule has 1 aromatic carbocycles. The van der Waals surface area contributed by atoms with Gasteiger partial charge in [0.05, 0.1) is 0 Å². The molecular formula is C18H28FN. The summed E-state index contributed by atoms with van der Waals surface area (Å²) < 4.78 is 12.8. The number of likely N-dealkylation sites (tertiary alicyclic amines) is 1. The molecule has 2 rings (SSSR count). The first-order valence-electron chi connectivity index (χ1n) is 8.24. The Morgan fingerprint density at radius 1 is 1.10 bits per heavy atom. The summed E-state index contributed by atoms with van der Waals surface area (Å²) in [6.07, 6.45) is 9.35. The largest absolute Gasteiger partial charge is 0.303 e. The predicted octanol–water partition coefficient (Wildman–Crippen LogP) is 4.66. The Morgan fingerprint density at radius 3 is 2.45 bits per heavy atom. The minimum atomic E-state index is -0.137. The third-order valence-electron chi connectivity index (χ3n) is 4.55. The van der Waals surface area contributed by atoms with Crippen molar-refractivity contribution in [1.82, 2.24) is 4.90 Å². The Balaban J connectivity index is 1.63. The monoisotopic (exact) mass is 277 g/mol. The number of benzene rings is 1. The van der Waals surface area contributed by atoms with Crippen LogP contribution in [0.2, 0.25) is 0 Å².